The van der Waals surface area contributed by atoms with Gasteiger partial charge in [0.1, 0.15) is 0 Å². The molecule has 0 saturated carbocycles. The molecule has 4 heteroatoms. The first-order valence-corrected chi connectivity index (χ1v) is 5.33. The standard InChI is InChI=1S/C10H22N2O2/c1-10(14)12-8-7-11-6-4-2-3-5-9-13/h11,13H,2-9H2,1H3,(H,12,14). The summed E-state index contributed by atoms with van der Waals surface area (Å²) in [6, 6.07) is 0. The number of aliphatic hydroxyl groups excluding tert-OH is 1. The molecule has 0 saturated heterocycles. The molecular formula is C10H22N2O2. The molecule has 0 bridgehead atoms. The Morgan fingerprint density at radius 1 is 1.07 bits per heavy atom. The van der Waals surface area contributed by atoms with Gasteiger partial charge in [-0.2, -0.15) is 0 Å². The van der Waals surface area contributed by atoms with Crippen molar-refractivity contribution in [2.24, 2.45) is 0 Å². The lowest BCUT2D eigenvalue weighted by Gasteiger charge is -2.04. The molecular weight excluding hydrogens is 180 g/mol. The van der Waals surface area contributed by atoms with Gasteiger partial charge in [-0.05, 0) is 19.4 Å². The molecule has 0 aliphatic carbocycles. The molecule has 0 atom stereocenters. The zero-order valence-corrected chi connectivity index (χ0v) is 9.01. The fourth-order valence-corrected chi connectivity index (χ4v) is 1.17. The van der Waals surface area contributed by atoms with Crippen LogP contribution in [0.4, 0.5) is 0 Å². The lowest BCUT2D eigenvalue weighted by Crippen LogP contribution is -2.30. The minimum Gasteiger partial charge on any atom is -0.396 e. The largest absolute Gasteiger partial charge is 0.396 e. The van der Waals surface area contributed by atoms with Crippen molar-refractivity contribution in [2.75, 3.05) is 26.2 Å². The first kappa shape index (κ1) is 13.4. The molecule has 0 aromatic carbocycles. The van der Waals surface area contributed by atoms with Crippen LogP contribution in [0.2, 0.25) is 0 Å². The average molecular weight is 202 g/mol. The van der Waals surface area contributed by atoms with E-state index in [1.165, 1.54) is 6.92 Å². The summed E-state index contributed by atoms with van der Waals surface area (Å²) in [6.45, 7) is 4.35. The van der Waals surface area contributed by atoms with Crippen LogP contribution in [0.15, 0.2) is 0 Å². The zero-order valence-electron chi connectivity index (χ0n) is 9.01. The number of rotatable bonds is 9. The Balaban J connectivity index is 2.88. The monoisotopic (exact) mass is 202 g/mol. The van der Waals surface area contributed by atoms with Crippen molar-refractivity contribution in [1.29, 1.82) is 0 Å². The summed E-state index contributed by atoms with van der Waals surface area (Å²) in [4.78, 5) is 10.5. The van der Waals surface area contributed by atoms with E-state index in [1.807, 2.05) is 0 Å². The summed E-state index contributed by atoms with van der Waals surface area (Å²) in [6.07, 6.45) is 4.31. The van der Waals surface area contributed by atoms with Gasteiger partial charge in [0.05, 0.1) is 0 Å². The average Bonchev–Trinajstić information content (AvgIpc) is 2.15. The molecule has 0 spiro atoms. The van der Waals surface area contributed by atoms with Crippen molar-refractivity contribution in [2.45, 2.75) is 32.6 Å². The third kappa shape index (κ3) is 11.4. The molecule has 0 aliphatic heterocycles. The van der Waals surface area contributed by atoms with Gasteiger partial charge in [-0.15, -0.1) is 0 Å². The van der Waals surface area contributed by atoms with E-state index in [2.05, 4.69) is 10.6 Å². The van der Waals surface area contributed by atoms with Crippen LogP contribution in [0.5, 0.6) is 0 Å². The fraction of sp³-hybridized carbons (Fsp3) is 0.900. The van der Waals surface area contributed by atoms with Crippen LogP contribution in [0.1, 0.15) is 32.6 Å². The van der Waals surface area contributed by atoms with E-state index in [-0.39, 0.29) is 5.91 Å². The molecule has 0 aromatic rings. The molecule has 84 valence electrons. The highest BCUT2D eigenvalue weighted by molar-refractivity contribution is 5.72. The van der Waals surface area contributed by atoms with Gasteiger partial charge in [0, 0.05) is 26.6 Å². The van der Waals surface area contributed by atoms with Gasteiger partial charge in [-0.25, -0.2) is 0 Å². The summed E-state index contributed by atoms with van der Waals surface area (Å²) in [5.74, 6) is 0.0229. The molecule has 4 nitrogen and oxygen atoms in total. The van der Waals surface area contributed by atoms with E-state index in [0.717, 1.165) is 38.8 Å². The molecule has 0 heterocycles. The third-order valence-electron chi connectivity index (χ3n) is 1.94. The highest BCUT2D eigenvalue weighted by Crippen LogP contribution is 1.96. The molecule has 0 aromatic heterocycles. The first-order valence-electron chi connectivity index (χ1n) is 5.33. The second-order valence-electron chi connectivity index (χ2n) is 3.37. The Kier molecular flexibility index (Phi) is 10.0. The van der Waals surface area contributed by atoms with Crippen molar-refractivity contribution in [3.05, 3.63) is 0 Å². The second-order valence-corrected chi connectivity index (χ2v) is 3.37. The topological polar surface area (TPSA) is 61.4 Å². The Hall–Kier alpha value is -0.610. The summed E-state index contributed by atoms with van der Waals surface area (Å²) in [7, 11) is 0. The van der Waals surface area contributed by atoms with E-state index in [9.17, 15) is 4.79 Å². The summed E-state index contributed by atoms with van der Waals surface area (Å²) < 4.78 is 0. The fourth-order valence-electron chi connectivity index (χ4n) is 1.17. The SMILES string of the molecule is CC(=O)NCCNCCCCCCO. The van der Waals surface area contributed by atoms with Gasteiger partial charge in [0.2, 0.25) is 5.91 Å². The maximum atomic E-state index is 10.5. The highest BCUT2D eigenvalue weighted by Gasteiger charge is 1.91. The zero-order chi connectivity index (χ0) is 10.6. The van der Waals surface area contributed by atoms with Gasteiger partial charge < -0.3 is 15.7 Å². The van der Waals surface area contributed by atoms with E-state index < -0.39 is 0 Å². The Morgan fingerprint density at radius 3 is 2.43 bits per heavy atom. The highest BCUT2D eigenvalue weighted by atomic mass is 16.2. The maximum absolute atomic E-state index is 10.5. The van der Waals surface area contributed by atoms with Crippen molar-refractivity contribution < 1.29 is 9.90 Å². The van der Waals surface area contributed by atoms with Gasteiger partial charge >= 0.3 is 0 Å². The van der Waals surface area contributed by atoms with E-state index in [0.29, 0.717) is 13.2 Å². The normalized spacial score (nSPS) is 10.1. The summed E-state index contributed by atoms with van der Waals surface area (Å²) in [5, 5.41) is 14.5. The van der Waals surface area contributed by atoms with Gasteiger partial charge in [0.25, 0.3) is 0 Å². The Morgan fingerprint density at radius 2 is 1.79 bits per heavy atom. The lowest BCUT2D eigenvalue weighted by atomic mass is 10.2. The Labute approximate surface area is 86.1 Å². The van der Waals surface area contributed by atoms with Crippen LogP contribution in [-0.2, 0) is 4.79 Å². The first-order chi connectivity index (χ1) is 6.77. The minimum atomic E-state index is 0.0229. The number of nitrogens with one attached hydrogen (secondary N) is 2. The van der Waals surface area contributed by atoms with Gasteiger partial charge in [-0.3, -0.25) is 4.79 Å². The predicted molar refractivity (Wildman–Crippen MR) is 57.1 cm³/mol. The number of aliphatic hydroxyl groups is 1. The third-order valence-corrected chi connectivity index (χ3v) is 1.94. The van der Waals surface area contributed by atoms with Crippen molar-refractivity contribution in [3.63, 3.8) is 0 Å². The van der Waals surface area contributed by atoms with Crippen LogP contribution in [-0.4, -0.2) is 37.3 Å². The lowest BCUT2D eigenvalue weighted by molar-refractivity contribution is -0.118. The van der Waals surface area contributed by atoms with Crippen molar-refractivity contribution in [1.82, 2.24) is 10.6 Å². The quantitative estimate of drug-likeness (QED) is 0.470. The van der Waals surface area contributed by atoms with Crippen LogP contribution in [0.3, 0.4) is 0 Å². The molecule has 0 fully saturated rings. The Bertz CT molecular complexity index is 140. The number of unbranched alkanes of at least 4 members (excludes halogenated alkanes) is 3. The molecule has 0 aliphatic rings. The van der Waals surface area contributed by atoms with Crippen LogP contribution < -0.4 is 10.6 Å². The van der Waals surface area contributed by atoms with E-state index >= 15 is 0 Å². The van der Waals surface area contributed by atoms with Gasteiger partial charge in [-0.1, -0.05) is 12.8 Å². The molecule has 0 radical (unpaired) electrons. The number of hydrogen-bond acceptors (Lipinski definition) is 3. The number of carbonyl (C=O) groups is 1. The van der Waals surface area contributed by atoms with E-state index in [1.54, 1.807) is 0 Å². The maximum Gasteiger partial charge on any atom is 0.216 e. The minimum absolute atomic E-state index is 0.0229. The second kappa shape index (κ2) is 10.5. The number of hydrogen-bond donors (Lipinski definition) is 3. The van der Waals surface area contributed by atoms with Crippen LogP contribution >= 0.6 is 0 Å². The molecule has 14 heavy (non-hydrogen) atoms. The predicted octanol–water partition coefficient (Wildman–Crippen LogP) is 0.265. The van der Waals surface area contributed by atoms with E-state index in [4.69, 9.17) is 5.11 Å². The number of carbonyl (C=O) groups excluding carboxylic acids is 1. The van der Waals surface area contributed by atoms with Crippen molar-refractivity contribution >= 4 is 5.91 Å². The number of amides is 1. The summed E-state index contributed by atoms with van der Waals surface area (Å²) >= 11 is 0. The molecule has 3 N–H and O–H groups in total. The molecule has 0 unspecified atom stereocenters. The summed E-state index contributed by atoms with van der Waals surface area (Å²) in [5.41, 5.74) is 0. The van der Waals surface area contributed by atoms with Crippen molar-refractivity contribution in [3.8, 4) is 0 Å². The smallest absolute Gasteiger partial charge is 0.216 e. The van der Waals surface area contributed by atoms with Gasteiger partial charge in [0.15, 0.2) is 0 Å². The van der Waals surface area contributed by atoms with Crippen LogP contribution in [0, 0.1) is 0 Å². The van der Waals surface area contributed by atoms with Crippen LogP contribution in [0.25, 0.3) is 0 Å². The molecule has 0 rings (SSSR count). The molecule has 1 amide bonds.